The van der Waals surface area contributed by atoms with Crippen molar-refractivity contribution < 1.29 is 4.79 Å². The zero-order valence-electron chi connectivity index (χ0n) is 14.1. The number of amides is 1. The Labute approximate surface area is 149 Å². The molecule has 3 aromatic rings. The van der Waals surface area contributed by atoms with E-state index < -0.39 is 0 Å². The van der Waals surface area contributed by atoms with Crippen LogP contribution in [0.3, 0.4) is 0 Å². The summed E-state index contributed by atoms with van der Waals surface area (Å²) in [6.07, 6.45) is 6.54. The third-order valence-electron chi connectivity index (χ3n) is 4.66. The molecule has 8 heteroatoms. The third-order valence-corrected chi connectivity index (χ3v) is 4.66. The molecule has 1 fully saturated rings. The zero-order valence-corrected chi connectivity index (χ0v) is 14.1. The van der Waals surface area contributed by atoms with Gasteiger partial charge in [-0.25, -0.2) is 9.78 Å². The van der Waals surface area contributed by atoms with Gasteiger partial charge in [0, 0.05) is 42.1 Å². The molecule has 1 aromatic carbocycles. The van der Waals surface area contributed by atoms with Crippen molar-refractivity contribution in [1.82, 2.24) is 29.6 Å². The summed E-state index contributed by atoms with van der Waals surface area (Å²) >= 11 is 0. The fourth-order valence-electron chi connectivity index (χ4n) is 3.35. The second kappa shape index (κ2) is 6.91. The molecule has 0 spiro atoms. The van der Waals surface area contributed by atoms with Crippen molar-refractivity contribution in [2.45, 2.75) is 18.8 Å². The molecule has 1 N–H and O–H groups in total. The van der Waals surface area contributed by atoms with Crippen molar-refractivity contribution in [2.75, 3.05) is 13.1 Å². The van der Waals surface area contributed by atoms with E-state index in [9.17, 15) is 9.59 Å². The molecule has 8 nitrogen and oxygen atoms in total. The van der Waals surface area contributed by atoms with Crippen LogP contribution in [0.15, 0.2) is 54.0 Å². The number of rotatable bonds is 3. The van der Waals surface area contributed by atoms with Gasteiger partial charge < -0.3 is 9.88 Å². The van der Waals surface area contributed by atoms with Crippen molar-refractivity contribution in [3.05, 3.63) is 70.9 Å². The van der Waals surface area contributed by atoms with E-state index in [1.54, 1.807) is 17.2 Å². The number of nitrogens with zero attached hydrogens (tertiary/aromatic N) is 5. The fraction of sp³-hybridized carbons (Fsp3) is 0.278. The van der Waals surface area contributed by atoms with Crippen molar-refractivity contribution in [1.29, 1.82) is 0 Å². The van der Waals surface area contributed by atoms with Crippen LogP contribution in [0.5, 0.6) is 0 Å². The monoisotopic (exact) mass is 350 g/mol. The first kappa shape index (κ1) is 16.2. The van der Waals surface area contributed by atoms with Crippen molar-refractivity contribution in [3.8, 4) is 5.69 Å². The van der Waals surface area contributed by atoms with E-state index in [1.807, 2.05) is 35.2 Å². The summed E-state index contributed by atoms with van der Waals surface area (Å²) in [5.74, 6) is 0.102. The maximum absolute atomic E-state index is 13.0. The Hall–Kier alpha value is -3.29. The minimum Gasteiger partial charge on any atom is -0.338 e. The average Bonchev–Trinajstić information content (AvgIpc) is 3.22. The van der Waals surface area contributed by atoms with Gasteiger partial charge in [0.1, 0.15) is 12.7 Å². The Morgan fingerprint density at radius 2 is 2.04 bits per heavy atom. The number of H-pyrrole nitrogens is 1. The fourth-order valence-corrected chi connectivity index (χ4v) is 3.35. The normalized spacial score (nSPS) is 17.2. The minimum atomic E-state index is -0.354. The molecular formula is C18H18N6O2. The molecule has 0 aliphatic carbocycles. The van der Waals surface area contributed by atoms with Crippen LogP contribution in [0, 0.1) is 0 Å². The van der Waals surface area contributed by atoms with Crippen LogP contribution >= 0.6 is 0 Å². The number of aromatic nitrogens is 5. The van der Waals surface area contributed by atoms with Gasteiger partial charge in [0.25, 0.3) is 5.91 Å². The van der Waals surface area contributed by atoms with Gasteiger partial charge in [0.05, 0.1) is 0 Å². The molecule has 132 valence electrons. The number of piperidine rings is 1. The van der Waals surface area contributed by atoms with Crippen molar-refractivity contribution in [3.63, 3.8) is 0 Å². The first-order valence-electron chi connectivity index (χ1n) is 8.50. The number of aromatic amines is 1. The summed E-state index contributed by atoms with van der Waals surface area (Å²) in [6.45, 7) is 1.29. The first-order chi connectivity index (χ1) is 12.7. The second-order valence-electron chi connectivity index (χ2n) is 6.34. The third kappa shape index (κ3) is 3.26. The second-order valence-corrected chi connectivity index (χ2v) is 6.34. The Morgan fingerprint density at radius 3 is 2.85 bits per heavy atom. The smallest absolute Gasteiger partial charge is 0.338 e. The number of carbonyl (C=O) groups is 1. The summed E-state index contributed by atoms with van der Waals surface area (Å²) in [5, 5.41) is 7.59. The first-order valence-corrected chi connectivity index (χ1v) is 8.50. The summed E-state index contributed by atoms with van der Waals surface area (Å²) in [5.41, 5.74) is 1.95. The molecule has 26 heavy (non-hydrogen) atoms. The standard InChI is InChI=1S/C18H18N6O2/c25-17(13-3-1-5-15(9-13)24-11-20-21-12-24)23-8-2-4-14(10-23)16-6-7-19-18(26)22-16/h1,3,5-7,9,11-12,14H,2,4,8,10H2,(H,19,22,26)/t14-/m1/s1. The molecule has 1 saturated heterocycles. The van der Waals surface area contributed by atoms with Crippen LogP contribution < -0.4 is 5.69 Å². The highest BCUT2D eigenvalue weighted by molar-refractivity contribution is 5.94. The van der Waals surface area contributed by atoms with E-state index >= 15 is 0 Å². The number of nitrogens with one attached hydrogen (secondary N) is 1. The number of hydrogen-bond donors (Lipinski definition) is 1. The number of carbonyl (C=O) groups excluding carboxylic acids is 1. The van der Waals surface area contributed by atoms with Crippen molar-refractivity contribution in [2.24, 2.45) is 0 Å². The highest BCUT2D eigenvalue weighted by atomic mass is 16.2. The molecule has 0 radical (unpaired) electrons. The molecule has 0 unspecified atom stereocenters. The predicted octanol–water partition coefficient (Wildman–Crippen LogP) is 1.37. The van der Waals surface area contributed by atoms with Gasteiger partial charge in [-0.2, -0.15) is 0 Å². The summed E-state index contributed by atoms with van der Waals surface area (Å²) < 4.78 is 1.76. The van der Waals surface area contributed by atoms with E-state index in [1.165, 1.54) is 6.20 Å². The Kier molecular flexibility index (Phi) is 4.30. The average molecular weight is 350 g/mol. The van der Waals surface area contributed by atoms with Crippen LogP contribution in [0.25, 0.3) is 5.69 Å². The van der Waals surface area contributed by atoms with Gasteiger partial charge in [-0.3, -0.25) is 9.36 Å². The lowest BCUT2D eigenvalue weighted by Crippen LogP contribution is -2.39. The topological polar surface area (TPSA) is 96.8 Å². The van der Waals surface area contributed by atoms with E-state index in [4.69, 9.17) is 0 Å². The van der Waals surface area contributed by atoms with Gasteiger partial charge in [-0.1, -0.05) is 6.07 Å². The molecule has 0 saturated carbocycles. The highest BCUT2D eigenvalue weighted by Crippen LogP contribution is 2.26. The van der Waals surface area contributed by atoms with Crippen LogP contribution in [-0.2, 0) is 0 Å². The van der Waals surface area contributed by atoms with E-state index in [2.05, 4.69) is 20.2 Å². The molecule has 0 bridgehead atoms. The zero-order chi connectivity index (χ0) is 17.9. The maximum atomic E-state index is 13.0. The molecule has 1 aliphatic heterocycles. The number of benzene rings is 1. The maximum Gasteiger partial charge on any atom is 0.345 e. The molecular weight excluding hydrogens is 332 g/mol. The highest BCUT2D eigenvalue weighted by Gasteiger charge is 2.26. The Balaban J connectivity index is 1.54. The van der Waals surface area contributed by atoms with E-state index in [0.717, 1.165) is 24.2 Å². The molecule has 1 aliphatic rings. The molecule has 1 amide bonds. The summed E-state index contributed by atoms with van der Waals surface area (Å²) in [7, 11) is 0. The molecule has 4 rings (SSSR count). The Morgan fingerprint density at radius 1 is 1.19 bits per heavy atom. The van der Waals surface area contributed by atoms with Crippen LogP contribution in [0.4, 0.5) is 0 Å². The lowest BCUT2D eigenvalue weighted by atomic mass is 9.94. The van der Waals surface area contributed by atoms with Crippen LogP contribution in [0.2, 0.25) is 0 Å². The molecule has 2 aromatic heterocycles. The SMILES string of the molecule is O=C(c1cccc(-n2cnnc2)c1)N1CCC[C@@H](c2ccnc(=O)[nH]2)C1. The summed E-state index contributed by atoms with van der Waals surface area (Å²) in [6, 6.07) is 9.22. The number of hydrogen-bond acceptors (Lipinski definition) is 5. The van der Waals surface area contributed by atoms with Gasteiger partial charge in [0.2, 0.25) is 0 Å². The van der Waals surface area contributed by atoms with E-state index in [-0.39, 0.29) is 17.5 Å². The van der Waals surface area contributed by atoms with Crippen molar-refractivity contribution >= 4 is 5.91 Å². The van der Waals surface area contributed by atoms with Gasteiger partial charge in [0.15, 0.2) is 0 Å². The van der Waals surface area contributed by atoms with Gasteiger partial charge in [-0.15, -0.1) is 10.2 Å². The quantitative estimate of drug-likeness (QED) is 0.769. The van der Waals surface area contributed by atoms with E-state index in [0.29, 0.717) is 18.7 Å². The summed E-state index contributed by atoms with van der Waals surface area (Å²) in [4.78, 5) is 32.7. The predicted molar refractivity (Wildman–Crippen MR) is 94.1 cm³/mol. The minimum absolute atomic E-state index is 0.0129. The largest absolute Gasteiger partial charge is 0.345 e. The Bertz CT molecular complexity index is 966. The van der Waals surface area contributed by atoms with Crippen LogP contribution in [-0.4, -0.2) is 48.6 Å². The number of likely N-dealkylation sites (tertiary alicyclic amines) is 1. The molecule has 3 heterocycles. The van der Waals surface area contributed by atoms with Gasteiger partial charge >= 0.3 is 5.69 Å². The van der Waals surface area contributed by atoms with Crippen LogP contribution in [0.1, 0.15) is 34.8 Å². The van der Waals surface area contributed by atoms with Gasteiger partial charge in [-0.05, 0) is 37.1 Å². The lowest BCUT2D eigenvalue weighted by molar-refractivity contribution is 0.0706. The molecule has 1 atom stereocenters. The lowest BCUT2D eigenvalue weighted by Gasteiger charge is -2.32.